The predicted octanol–water partition coefficient (Wildman–Crippen LogP) is 4.29. The summed E-state index contributed by atoms with van der Waals surface area (Å²) in [5.41, 5.74) is 2.41. The summed E-state index contributed by atoms with van der Waals surface area (Å²) in [6.07, 6.45) is -1.43. The van der Waals surface area contributed by atoms with E-state index in [-0.39, 0.29) is 42.7 Å². The van der Waals surface area contributed by atoms with E-state index in [1.807, 2.05) is 44.2 Å². The molecule has 2 N–H and O–H groups in total. The lowest BCUT2D eigenvalue weighted by atomic mass is 10.0. The molecule has 0 aliphatic carbocycles. The number of ether oxygens (including phenoxy) is 1. The maximum Gasteiger partial charge on any atom is 0.415 e. The Labute approximate surface area is 264 Å². The Hall–Kier alpha value is -4.32. The molecule has 0 unspecified atom stereocenters. The Balaban J connectivity index is 1.55. The molecule has 0 radical (unpaired) electrons. The molecule has 3 atom stereocenters. The number of nitrogens with one attached hydrogen (secondary N) is 1. The summed E-state index contributed by atoms with van der Waals surface area (Å²) in [6, 6.07) is 21.1. The van der Waals surface area contributed by atoms with Gasteiger partial charge in [0.05, 0.1) is 23.6 Å². The van der Waals surface area contributed by atoms with Crippen molar-refractivity contribution in [3.8, 4) is 0 Å². The van der Waals surface area contributed by atoms with Crippen LogP contribution in [0.5, 0.6) is 0 Å². The third kappa shape index (κ3) is 8.44. The van der Waals surface area contributed by atoms with E-state index in [9.17, 15) is 27.9 Å². The van der Waals surface area contributed by atoms with E-state index in [0.29, 0.717) is 11.3 Å². The summed E-state index contributed by atoms with van der Waals surface area (Å²) in [4.78, 5) is 39.4. The quantitative estimate of drug-likeness (QED) is 0.253. The number of sulfonamides is 1. The van der Waals surface area contributed by atoms with E-state index in [1.165, 1.54) is 28.3 Å². The van der Waals surface area contributed by atoms with E-state index in [0.717, 1.165) is 11.1 Å². The molecular weight excluding hydrogens is 594 g/mol. The molecule has 45 heavy (non-hydrogen) atoms. The van der Waals surface area contributed by atoms with Crippen molar-refractivity contribution in [1.82, 2.24) is 9.62 Å². The van der Waals surface area contributed by atoms with Crippen LogP contribution in [0, 0.1) is 5.92 Å². The molecule has 3 aromatic carbocycles. The van der Waals surface area contributed by atoms with E-state index in [4.69, 9.17) is 4.74 Å². The van der Waals surface area contributed by atoms with Crippen molar-refractivity contribution in [1.29, 1.82) is 0 Å². The van der Waals surface area contributed by atoms with Gasteiger partial charge in [0.1, 0.15) is 0 Å². The number of Topliss-reactive ketones (excluding diaryl/α,β-unsaturated/α-hetero) is 1. The molecular formula is C34H39N3O7S. The first-order valence-electron chi connectivity index (χ1n) is 14.7. The van der Waals surface area contributed by atoms with Gasteiger partial charge in [-0.25, -0.2) is 13.2 Å². The third-order valence-corrected chi connectivity index (χ3v) is 9.32. The second-order valence-electron chi connectivity index (χ2n) is 11.5. The molecule has 1 aliphatic rings. The SMILES string of the molecule is C=Cc1ccc(S(=O)(=O)N(CC(C)C)C[C@@H](O)[C@H](Cc2ccccc2)NC(=O)[C@@H]2CN(c3cccc(C(C)=O)c3)C(=O)O2)cc1. The lowest BCUT2D eigenvalue weighted by molar-refractivity contribution is -0.129. The molecule has 11 heteroatoms. The minimum Gasteiger partial charge on any atom is -0.434 e. The van der Waals surface area contributed by atoms with Gasteiger partial charge in [0.2, 0.25) is 10.0 Å². The zero-order valence-electron chi connectivity index (χ0n) is 25.6. The Kier molecular flexibility index (Phi) is 10.9. The fourth-order valence-corrected chi connectivity index (χ4v) is 6.69. The van der Waals surface area contributed by atoms with Crippen LogP contribution >= 0.6 is 0 Å². The number of carbonyl (C=O) groups is 3. The number of aliphatic hydroxyl groups excluding tert-OH is 1. The number of amides is 2. The molecule has 0 aromatic heterocycles. The number of ketones is 1. The van der Waals surface area contributed by atoms with Crippen LogP contribution in [0.4, 0.5) is 10.5 Å². The molecule has 10 nitrogen and oxygen atoms in total. The van der Waals surface area contributed by atoms with Crippen molar-refractivity contribution < 1.29 is 32.6 Å². The van der Waals surface area contributed by atoms with Crippen molar-refractivity contribution in [3.05, 3.63) is 102 Å². The molecule has 4 rings (SSSR count). The number of hydrogen-bond donors (Lipinski definition) is 2. The van der Waals surface area contributed by atoms with Gasteiger partial charge >= 0.3 is 6.09 Å². The van der Waals surface area contributed by atoms with Crippen molar-refractivity contribution in [2.45, 2.75) is 50.3 Å². The molecule has 1 aliphatic heterocycles. The maximum absolute atomic E-state index is 13.7. The Bertz CT molecular complexity index is 1620. The lowest BCUT2D eigenvalue weighted by Gasteiger charge is -2.31. The second-order valence-corrected chi connectivity index (χ2v) is 13.4. The van der Waals surface area contributed by atoms with Crippen molar-refractivity contribution in [2.24, 2.45) is 5.92 Å². The van der Waals surface area contributed by atoms with Gasteiger partial charge in [0, 0.05) is 24.3 Å². The molecule has 0 spiro atoms. The van der Waals surface area contributed by atoms with Crippen LogP contribution in [0.3, 0.4) is 0 Å². The first-order valence-corrected chi connectivity index (χ1v) is 16.2. The summed E-state index contributed by atoms with van der Waals surface area (Å²) >= 11 is 0. The van der Waals surface area contributed by atoms with Gasteiger partial charge in [-0.1, -0.05) is 81.1 Å². The van der Waals surface area contributed by atoms with Gasteiger partial charge in [-0.15, -0.1) is 0 Å². The predicted molar refractivity (Wildman–Crippen MR) is 172 cm³/mol. The smallest absolute Gasteiger partial charge is 0.415 e. The second kappa shape index (κ2) is 14.6. The monoisotopic (exact) mass is 633 g/mol. The number of rotatable bonds is 14. The summed E-state index contributed by atoms with van der Waals surface area (Å²) in [5.74, 6) is -0.849. The molecule has 1 fully saturated rings. The topological polar surface area (TPSA) is 133 Å². The van der Waals surface area contributed by atoms with Crippen molar-refractivity contribution in [2.75, 3.05) is 24.5 Å². The van der Waals surface area contributed by atoms with Gasteiger partial charge in [0.25, 0.3) is 5.91 Å². The minimum absolute atomic E-state index is 0.0491. The van der Waals surface area contributed by atoms with Crippen LogP contribution in [0.2, 0.25) is 0 Å². The first kappa shape index (κ1) is 33.6. The number of aliphatic hydroxyl groups is 1. The summed E-state index contributed by atoms with van der Waals surface area (Å²) in [7, 11) is -4.00. The van der Waals surface area contributed by atoms with Gasteiger partial charge in [-0.3, -0.25) is 14.5 Å². The molecule has 0 bridgehead atoms. The van der Waals surface area contributed by atoms with Crippen LogP contribution in [-0.4, -0.2) is 73.5 Å². The normalized spacial score (nSPS) is 16.4. The first-order chi connectivity index (χ1) is 21.4. The summed E-state index contributed by atoms with van der Waals surface area (Å²) in [6.45, 7) is 8.64. The average molecular weight is 634 g/mol. The highest BCUT2D eigenvalue weighted by atomic mass is 32.2. The van der Waals surface area contributed by atoms with Crippen LogP contribution in [0.15, 0.2) is 90.3 Å². The van der Waals surface area contributed by atoms with Crippen LogP contribution < -0.4 is 10.2 Å². The Morgan fingerprint density at radius 2 is 1.76 bits per heavy atom. The highest BCUT2D eigenvalue weighted by molar-refractivity contribution is 7.89. The number of anilines is 1. The number of cyclic esters (lactones) is 1. The van der Waals surface area contributed by atoms with Crippen LogP contribution in [-0.2, 0) is 26.0 Å². The summed E-state index contributed by atoms with van der Waals surface area (Å²) < 4.78 is 34.0. The number of carbonyl (C=O) groups excluding carboxylic acids is 3. The minimum atomic E-state index is -4.00. The standard InChI is InChI=1S/C34H39N3O7S/c1-5-25-14-16-29(17-15-25)45(42,43)36(20-23(2)3)21-31(39)30(18-26-10-7-6-8-11-26)35-33(40)32-22-37(34(41)44-32)28-13-9-12-27(19-28)24(4)38/h5-17,19,23,30-32,39H,1,18,20-22H2,2-4H3,(H,35,40)/t30-,31+,32-/m0/s1. The largest absolute Gasteiger partial charge is 0.434 e. The van der Waals surface area contributed by atoms with Crippen LogP contribution in [0.1, 0.15) is 42.3 Å². The number of benzene rings is 3. The van der Waals surface area contributed by atoms with E-state index in [1.54, 1.807) is 42.5 Å². The molecule has 0 saturated carbocycles. The molecule has 1 saturated heterocycles. The van der Waals surface area contributed by atoms with Gasteiger partial charge in [0.15, 0.2) is 11.9 Å². The molecule has 3 aromatic rings. The number of nitrogens with zero attached hydrogens (tertiary/aromatic N) is 2. The fourth-order valence-electron chi connectivity index (χ4n) is 5.07. The lowest BCUT2D eigenvalue weighted by Crippen LogP contribution is -2.53. The fraction of sp³-hybridized carbons (Fsp3) is 0.324. The maximum atomic E-state index is 13.7. The van der Waals surface area contributed by atoms with Crippen molar-refractivity contribution >= 4 is 39.6 Å². The molecule has 1 heterocycles. The van der Waals surface area contributed by atoms with Gasteiger partial charge in [-0.2, -0.15) is 4.31 Å². The van der Waals surface area contributed by atoms with Gasteiger partial charge in [-0.05, 0) is 54.7 Å². The van der Waals surface area contributed by atoms with Crippen LogP contribution in [0.25, 0.3) is 6.08 Å². The summed E-state index contributed by atoms with van der Waals surface area (Å²) in [5, 5.41) is 14.3. The van der Waals surface area contributed by atoms with E-state index < -0.39 is 40.3 Å². The molecule has 2 amide bonds. The van der Waals surface area contributed by atoms with E-state index in [2.05, 4.69) is 11.9 Å². The zero-order chi connectivity index (χ0) is 32.7. The van der Waals surface area contributed by atoms with Gasteiger partial charge < -0.3 is 15.2 Å². The highest BCUT2D eigenvalue weighted by Crippen LogP contribution is 2.24. The number of hydrogen-bond acceptors (Lipinski definition) is 7. The highest BCUT2D eigenvalue weighted by Gasteiger charge is 2.39. The zero-order valence-corrected chi connectivity index (χ0v) is 26.4. The Morgan fingerprint density at radius 3 is 2.38 bits per heavy atom. The molecule has 238 valence electrons. The average Bonchev–Trinajstić information content (AvgIpc) is 3.42. The van der Waals surface area contributed by atoms with E-state index >= 15 is 0 Å². The Morgan fingerprint density at radius 1 is 1.07 bits per heavy atom. The van der Waals surface area contributed by atoms with Crippen molar-refractivity contribution in [3.63, 3.8) is 0 Å². The third-order valence-electron chi connectivity index (χ3n) is 7.47.